The Hall–Kier alpha value is -2.08. The molecular formula is C20H30N2O4. The Labute approximate surface area is 155 Å². The third-order valence-electron chi connectivity index (χ3n) is 4.63. The normalized spacial score (nSPS) is 15.3. The molecule has 0 atom stereocenters. The van der Waals surface area contributed by atoms with Gasteiger partial charge in [0, 0.05) is 18.7 Å². The van der Waals surface area contributed by atoms with Crippen LogP contribution < -0.4 is 5.32 Å². The maximum atomic E-state index is 12.9. The molecule has 0 unspecified atom stereocenters. The van der Waals surface area contributed by atoms with E-state index in [9.17, 15) is 9.59 Å². The third-order valence-corrected chi connectivity index (χ3v) is 4.63. The summed E-state index contributed by atoms with van der Waals surface area (Å²) >= 11 is 0. The predicted molar refractivity (Wildman–Crippen MR) is 101 cm³/mol. The Morgan fingerprint density at radius 1 is 1.00 bits per heavy atom. The number of piperidine rings is 1. The first-order valence-electron chi connectivity index (χ1n) is 9.52. The smallest absolute Gasteiger partial charge is 0.343 e. The molecule has 1 N–H and O–H groups in total. The summed E-state index contributed by atoms with van der Waals surface area (Å²) in [7, 11) is 0. The lowest BCUT2D eigenvalue weighted by Gasteiger charge is -2.34. The molecular weight excluding hydrogens is 332 g/mol. The van der Waals surface area contributed by atoms with E-state index < -0.39 is 17.5 Å². The Balaban J connectivity index is 2.27. The molecule has 1 saturated heterocycles. The SMILES string of the molecule is CCOC(=O)C(CCN1CCCCC1)(Nc1ccccc1)C(=O)OCC. The molecule has 6 heteroatoms. The summed E-state index contributed by atoms with van der Waals surface area (Å²) in [6, 6.07) is 9.25. The fourth-order valence-electron chi connectivity index (χ4n) is 3.24. The van der Waals surface area contributed by atoms with Gasteiger partial charge in [0.05, 0.1) is 13.2 Å². The van der Waals surface area contributed by atoms with Gasteiger partial charge in [-0.3, -0.25) is 0 Å². The standard InChI is InChI=1S/C20H30N2O4/c1-3-25-18(23)20(19(24)26-4-2,21-17-11-7-5-8-12-17)13-16-22-14-9-6-10-15-22/h5,7-8,11-12,21H,3-4,6,9-10,13-16H2,1-2H3. The van der Waals surface area contributed by atoms with E-state index in [1.807, 2.05) is 30.3 Å². The van der Waals surface area contributed by atoms with Gasteiger partial charge in [-0.25, -0.2) is 9.59 Å². The molecule has 0 radical (unpaired) electrons. The van der Waals surface area contributed by atoms with Crippen molar-refractivity contribution in [1.29, 1.82) is 0 Å². The molecule has 144 valence electrons. The molecule has 26 heavy (non-hydrogen) atoms. The van der Waals surface area contributed by atoms with Crippen molar-refractivity contribution < 1.29 is 19.1 Å². The van der Waals surface area contributed by atoms with E-state index in [1.54, 1.807) is 13.8 Å². The molecule has 1 heterocycles. The molecule has 1 aliphatic rings. The van der Waals surface area contributed by atoms with Crippen molar-refractivity contribution in [3.05, 3.63) is 30.3 Å². The third kappa shape index (κ3) is 5.21. The fourth-order valence-corrected chi connectivity index (χ4v) is 3.24. The number of ether oxygens (including phenoxy) is 2. The summed E-state index contributed by atoms with van der Waals surface area (Å²) in [5.41, 5.74) is -0.850. The number of hydrogen-bond acceptors (Lipinski definition) is 6. The second-order valence-corrected chi connectivity index (χ2v) is 6.49. The van der Waals surface area contributed by atoms with Crippen molar-refractivity contribution in [3.8, 4) is 0 Å². The lowest BCUT2D eigenvalue weighted by Crippen LogP contribution is -2.57. The summed E-state index contributed by atoms with van der Waals surface area (Å²) in [5.74, 6) is -1.17. The molecule has 0 bridgehead atoms. The second-order valence-electron chi connectivity index (χ2n) is 6.49. The highest BCUT2D eigenvalue weighted by molar-refractivity contribution is 6.08. The Morgan fingerprint density at radius 2 is 1.58 bits per heavy atom. The molecule has 1 aliphatic heterocycles. The quantitative estimate of drug-likeness (QED) is 0.538. The zero-order valence-corrected chi connectivity index (χ0v) is 15.8. The number of anilines is 1. The van der Waals surface area contributed by atoms with Crippen molar-refractivity contribution in [2.24, 2.45) is 0 Å². The van der Waals surface area contributed by atoms with Gasteiger partial charge in [-0.1, -0.05) is 24.6 Å². The number of nitrogens with zero attached hydrogens (tertiary/aromatic N) is 1. The highest BCUT2D eigenvalue weighted by Gasteiger charge is 2.49. The summed E-state index contributed by atoms with van der Waals surface area (Å²) in [5, 5.41) is 3.13. The summed E-state index contributed by atoms with van der Waals surface area (Å²) < 4.78 is 10.5. The van der Waals surface area contributed by atoms with Crippen LogP contribution in [0.3, 0.4) is 0 Å². The van der Waals surface area contributed by atoms with Crippen molar-refractivity contribution in [2.45, 2.75) is 45.1 Å². The first-order valence-corrected chi connectivity index (χ1v) is 9.52. The van der Waals surface area contributed by atoms with Crippen LogP contribution in [0.2, 0.25) is 0 Å². The summed E-state index contributed by atoms with van der Waals surface area (Å²) in [6.07, 6.45) is 3.84. The molecule has 2 rings (SSSR count). The fraction of sp³-hybridized carbons (Fsp3) is 0.600. The van der Waals surface area contributed by atoms with Crippen molar-refractivity contribution in [3.63, 3.8) is 0 Å². The Kier molecular flexibility index (Phi) is 7.91. The van der Waals surface area contributed by atoms with Gasteiger partial charge in [0.2, 0.25) is 5.54 Å². The van der Waals surface area contributed by atoms with E-state index in [1.165, 1.54) is 6.42 Å². The molecule has 0 amide bonds. The van der Waals surface area contributed by atoms with Gasteiger partial charge in [-0.05, 0) is 51.9 Å². The van der Waals surface area contributed by atoms with Crippen LogP contribution in [0.25, 0.3) is 0 Å². The molecule has 0 aromatic heterocycles. The number of esters is 2. The van der Waals surface area contributed by atoms with Gasteiger partial charge in [0.15, 0.2) is 0 Å². The van der Waals surface area contributed by atoms with Crippen LogP contribution in [0.5, 0.6) is 0 Å². The van der Waals surface area contributed by atoms with Crippen molar-refractivity contribution in [2.75, 3.05) is 38.2 Å². The summed E-state index contributed by atoms with van der Waals surface area (Å²) in [4.78, 5) is 28.0. The molecule has 1 aromatic rings. The van der Waals surface area contributed by atoms with Crippen molar-refractivity contribution in [1.82, 2.24) is 4.90 Å². The lowest BCUT2D eigenvalue weighted by molar-refractivity contribution is -0.163. The predicted octanol–water partition coefficient (Wildman–Crippen LogP) is 2.84. The van der Waals surface area contributed by atoms with Crippen molar-refractivity contribution >= 4 is 17.6 Å². The second kappa shape index (κ2) is 10.2. The minimum absolute atomic E-state index is 0.209. The maximum absolute atomic E-state index is 12.9. The van der Waals surface area contributed by atoms with E-state index >= 15 is 0 Å². The highest BCUT2D eigenvalue weighted by atomic mass is 16.6. The Bertz CT molecular complexity index is 552. The zero-order valence-electron chi connectivity index (χ0n) is 15.8. The molecule has 0 saturated carbocycles. The van der Waals surface area contributed by atoms with Crippen LogP contribution >= 0.6 is 0 Å². The lowest BCUT2D eigenvalue weighted by atomic mass is 9.93. The van der Waals surface area contributed by atoms with Gasteiger partial charge >= 0.3 is 11.9 Å². The number of likely N-dealkylation sites (tertiary alicyclic amines) is 1. The average Bonchev–Trinajstić information content (AvgIpc) is 2.67. The number of hydrogen-bond donors (Lipinski definition) is 1. The summed E-state index contributed by atoms with van der Waals surface area (Å²) in [6.45, 7) is 6.51. The topological polar surface area (TPSA) is 67.9 Å². The number of benzene rings is 1. The maximum Gasteiger partial charge on any atom is 0.343 e. The van der Waals surface area contributed by atoms with Gasteiger partial charge in [0.1, 0.15) is 0 Å². The van der Waals surface area contributed by atoms with Crippen LogP contribution in [0.15, 0.2) is 30.3 Å². The number of carbonyl (C=O) groups is 2. The first-order chi connectivity index (χ1) is 12.6. The zero-order chi connectivity index (χ0) is 18.8. The number of carbonyl (C=O) groups excluding carboxylic acids is 2. The van der Waals surface area contributed by atoms with Crippen LogP contribution in [-0.4, -0.2) is 55.2 Å². The Morgan fingerprint density at radius 3 is 2.12 bits per heavy atom. The first kappa shape index (κ1) is 20.2. The van der Waals surface area contributed by atoms with Gasteiger partial charge in [-0.2, -0.15) is 0 Å². The minimum atomic E-state index is -1.54. The molecule has 0 aliphatic carbocycles. The van der Waals surface area contributed by atoms with Crippen LogP contribution in [0.1, 0.15) is 39.5 Å². The van der Waals surface area contributed by atoms with E-state index in [-0.39, 0.29) is 13.2 Å². The number of nitrogens with one attached hydrogen (secondary N) is 1. The van der Waals surface area contributed by atoms with E-state index in [0.717, 1.165) is 25.9 Å². The number of para-hydroxylation sites is 1. The van der Waals surface area contributed by atoms with Gasteiger partial charge in [-0.15, -0.1) is 0 Å². The van der Waals surface area contributed by atoms with E-state index in [2.05, 4.69) is 10.2 Å². The van der Waals surface area contributed by atoms with E-state index in [4.69, 9.17) is 9.47 Å². The highest BCUT2D eigenvalue weighted by Crippen LogP contribution is 2.24. The van der Waals surface area contributed by atoms with Crippen LogP contribution in [-0.2, 0) is 19.1 Å². The molecule has 6 nitrogen and oxygen atoms in total. The van der Waals surface area contributed by atoms with Gasteiger partial charge < -0.3 is 19.7 Å². The van der Waals surface area contributed by atoms with E-state index in [0.29, 0.717) is 18.7 Å². The molecule has 1 fully saturated rings. The van der Waals surface area contributed by atoms with Gasteiger partial charge in [0.25, 0.3) is 0 Å². The monoisotopic (exact) mass is 362 g/mol. The molecule has 0 spiro atoms. The average molecular weight is 362 g/mol. The minimum Gasteiger partial charge on any atom is -0.464 e. The van der Waals surface area contributed by atoms with Crippen LogP contribution in [0.4, 0.5) is 5.69 Å². The largest absolute Gasteiger partial charge is 0.464 e. The molecule has 1 aromatic carbocycles. The number of rotatable bonds is 9. The van der Waals surface area contributed by atoms with Crippen LogP contribution in [0, 0.1) is 0 Å².